The Kier molecular flexibility index (Phi) is 3.70. The summed E-state index contributed by atoms with van der Waals surface area (Å²) in [5.74, 6) is 2.39. The van der Waals surface area contributed by atoms with E-state index in [9.17, 15) is 5.11 Å². The van der Waals surface area contributed by atoms with Crippen molar-refractivity contribution in [1.82, 2.24) is 0 Å². The largest absolute Gasteiger partial charge is 0.393 e. The van der Waals surface area contributed by atoms with E-state index < -0.39 is 0 Å². The van der Waals surface area contributed by atoms with Gasteiger partial charge < -0.3 is 9.84 Å². The lowest BCUT2D eigenvalue weighted by atomic mass is 9.60. The van der Waals surface area contributed by atoms with Gasteiger partial charge >= 0.3 is 0 Å². The van der Waals surface area contributed by atoms with Crippen LogP contribution in [0.15, 0.2) is 0 Å². The fourth-order valence-corrected chi connectivity index (χ4v) is 5.91. The van der Waals surface area contributed by atoms with Crippen LogP contribution >= 0.6 is 0 Å². The van der Waals surface area contributed by atoms with Gasteiger partial charge in [-0.1, -0.05) is 20.8 Å². The molecule has 0 aromatic heterocycles. The van der Waals surface area contributed by atoms with Crippen molar-refractivity contribution in [3.05, 3.63) is 0 Å². The summed E-state index contributed by atoms with van der Waals surface area (Å²) in [5, 5.41) is 9.99. The average Bonchev–Trinajstić information content (AvgIpc) is 2.72. The van der Waals surface area contributed by atoms with Gasteiger partial charge in [0.15, 0.2) is 0 Å². The molecule has 2 nitrogen and oxygen atoms in total. The first-order valence-electron chi connectivity index (χ1n) is 8.69. The van der Waals surface area contributed by atoms with Gasteiger partial charge in [0.2, 0.25) is 0 Å². The third-order valence-electron chi connectivity index (χ3n) is 7.57. The molecule has 3 unspecified atom stereocenters. The van der Waals surface area contributed by atoms with Gasteiger partial charge in [0, 0.05) is 6.61 Å². The van der Waals surface area contributed by atoms with Crippen molar-refractivity contribution >= 4 is 0 Å². The van der Waals surface area contributed by atoms with Crippen LogP contribution in [-0.2, 0) is 4.74 Å². The normalized spacial score (nSPS) is 50.5. The third-order valence-corrected chi connectivity index (χ3v) is 7.57. The van der Waals surface area contributed by atoms with Gasteiger partial charge in [-0.15, -0.1) is 0 Å². The minimum absolute atomic E-state index is 0.137. The van der Waals surface area contributed by atoms with Gasteiger partial charge in [-0.2, -0.15) is 0 Å². The first-order chi connectivity index (χ1) is 9.40. The second-order valence-corrected chi connectivity index (χ2v) is 8.34. The Hall–Kier alpha value is -0.0800. The molecule has 0 spiro atoms. The van der Waals surface area contributed by atoms with Crippen LogP contribution in [0.5, 0.6) is 0 Å². The van der Waals surface area contributed by atoms with E-state index in [1.165, 1.54) is 19.3 Å². The lowest BCUT2D eigenvalue weighted by molar-refractivity contribution is -0.0852. The van der Waals surface area contributed by atoms with Gasteiger partial charge in [-0.3, -0.25) is 0 Å². The summed E-state index contributed by atoms with van der Waals surface area (Å²) < 4.78 is 6.04. The molecule has 0 amide bonds. The number of aliphatic hydroxyl groups excluding tert-OH is 1. The molecule has 0 aromatic carbocycles. The lowest BCUT2D eigenvalue weighted by Crippen LogP contribution is -2.44. The molecule has 2 bridgehead atoms. The van der Waals surface area contributed by atoms with E-state index in [0.717, 1.165) is 37.7 Å². The minimum atomic E-state index is -0.137. The zero-order chi connectivity index (χ0) is 14.5. The van der Waals surface area contributed by atoms with Crippen LogP contribution in [0.3, 0.4) is 0 Å². The van der Waals surface area contributed by atoms with Crippen molar-refractivity contribution in [2.75, 3.05) is 6.61 Å². The van der Waals surface area contributed by atoms with Crippen LogP contribution in [0, 0.1) is 28.6 Å². The van der Waals surface area contributed by atoms with Crippen LogP contribution in [-0.4, -0.2) is 23.9 Å². The number of aliphatic hydroxyl groups is 1. The number of fused-ring (bicyclic) bond motifs is 2. The summed E-state index contributed by atoms with van der Waals surface area (Å²) >= 11 is 0. The van der Waals surface area contributed by atoms with E-state index in [1.807, 2.05) is 0 Å². The molecule has 3 fully saturated rings. The predicted octanol–water partition coefficient (Wildman–Crippen LogP) is 4.01. The number of rotatable bonds is 3. The summed E-state index contributed by atoms with van der Waals surface area (Å²) in [7, 11) is 0. The summed E-state index contributed by atoms with van der Waals surface area (Å²) in [4.78, 5) is 0. The Bertz CT molecular complexity index is 364. The third kappa shape index (κ3) is 1.98. The highest BCUT2D eigenvalue weighted by Gasteiger charge is 2.63. The fraction of sp³-hybridized carbons (Fsp3) is 1.00. The van der Waals surface area contributed by atoms with Crippen molar-refractivity contribution in [2.24, 2.45) is 28.6 Å². The molecule has 0 radical (unpaired) electrons. The zero-order valence-corrected chi connectivity index (χ0v) is 13.7. The van der Waals surface area contributed by atoms with Crippen LogP contribution < -0.4 is 0 Å². The van der Waals surface area contributed by atoms with Crippen LogP contribution in [0.4, 0.5) is 0 Å². The van der Waals surface area contributed by atoms with E-state index in [-0.39, 0.29) is 6.10 Å². The zero-order valence-electron chi connectivity index (χ0n) is 13.7. The first-order valence-corrected chi connectivity index (χ1v) is 8.69. The Morgan fingerprint density at radius 1 is 1.10 bits per heavy atom. The van der Waals surface area contributed by atoms with E-state index in [2.05, 4.69) is 27.7 Å². The molecule has 20 heavy (non-hydrogen) atoms. The summed E-state index contributed by atoms with van der Waals surface area (Å²) in [6.07, 6.45) is 7.37. The molecule has 0 aliphatic heterocycles. The second-order valence-electron chi connectivity index (χ2n) is 8.34. The van der Waals surface area contributed by atoms with E-state index in [4.69, 9.17) is 4.74 Å². The highest BCUT2D eigenvalue weighted by molar-refractivity contribution is 5.12. The summed E-state index contributed by atoms with van der Waals surface area (Å²) in [6, 6.07) is 0. The van der Waals surface area contributed by atoms with Crippen LogP contribution in [0.25, 0.3) is 0 Å². The van der Waals surface area contributed by atoms with E-state index in [0.29, 0.717) is 22.9 Å². The van der Waals surface area contributed by atoms with Crippen molar-refractivity contribution < 1.29 is 9.84 Å². The molecule has 3 rings (SSSR count). The van der Waals surface area contributed by atoms with Gasteiger partial charge in [-0.05, 0) is 74.0 Å². The molecule has 3 aliphatic rings. The molecule has 0 saturated heterocycles. The van der Waals surface area contributed by atoms with Crippen molar-refractivity contribution in [1.29, 1.82) is 0 Å². The second kappa shape index (κ2) is 4.98. The maximum atomic E-state index is 9.99. The summed E-state index contributed by atoms with van der Waals surface area (Å²) in [5.41, 5.74) is 0.977. The molecule has 1 N–H and O–H groups in total. The number of hydrogen-bond acceptors (Lipinski definition) is 2. The SMILES string of the molecule is CCOC1CC(O)CCC1[C@H]1C[C@@H]2CC[C@@]1(C)C2(C)C. The van der Waals surface area contributed by atoms with Gasteiger partial charge in [0.1, 0.15) is 0 Å². The maximum Gasteiger partial charge on any atom is 0.0630 e. The van der Waals surface area contributed by atoms with Crippen LogP contribution in [0.2, 0.25) is 0 Å². The van der Waals surface area contributed by atoms with Gasteiger partial charge in [-0.25, -0.2) is 0 Å². The minimum Gasteiger partial charge on any atom is -0.393 e. The molecular weight excluding hydrogens is 248 g/mol. The Morgan fingerprint density at radius 2 is 1.85 bits per heavy atom. The molecule has 3 aliphatic carbocycles. The maximum absolute atomic E-state index is 9.99. The smallest absolute Gasteiger partial charge is 0.0630 e. The van der Waals surface area contributed by atoms with E-state index >= 15 is 0 Å². The Morgan fingerprint density at radius 3 is 2.40 bits per heavy atom. The van der Waals surface area contributed by atoms with Crippen molar-refractivity contribution in [2.45, 2.75) is 78.4 Å². The van der Waals surface area contributed by atoms with Gasteiger partial charge in [0.05, 0.1) is 12.2 Å². The first kappa shape index (κ1) is 14.8. The highest BCUT2D eigenvalue weighted by atomic mass is 16.5. The molecule has 0 heterocycles. The number of ether oxygens (including phenoxy) is 1. The molecule has 0 aromatic rings. The quantitative estimate of drug-likeness (QED) is 0.846. The van der Waals surface area contributed by atoms with E-state index in [1.54, 1.807) is 0 Å². The highest BCUT2D eigenvalue weighted by Crippen LogP contribution is 2.70. The topological polar surface area (TPSA) is 29.5 Å². The lowest BCUT2D eigenvalue weighted by Gasteiger charge is -2.47. The molecule has 3 saturated carbocycles. The fourth-order valence-electron chi connectivity index (χ4n) is 5.91. The molecule has 2 heteroatoms. The van der Waals surface area contributed by atoms with Crippen molar-refractivity contribution in [3.63, 3.8) is 0 Å². The predicted molar refractivity (Wildman–Crippen MR) is 81.5 cm³/mol. The molecule has 116 valence electrons. The standard InChI is InChI=1S/C18H32O2/c1-5-20-16-11-13(19)6-7-14(16)15-10-12-8-9-18(15,4)17(12,2)3/h12-16,19H,5-11H2,1-4H3/t12-,13?,14?,15+,16?,18+/m0/s1. The Balaban J connectivity index is 1.82. The molecule has 6 atom stereocenters. The monoisotopic (exact) mass is 280 g/mol. The summed E-state index contributed by atoms with van der Waals surface area (Å²) in [6.45, 7) is 10.4. The van der Waals surface area contributed by atoms with Crippen molar-refractivity contribution in [3.8, 4) is 0 Å². The number of hydrogen-bond donors (Lipinski definition) is 1. The Labute approximate surface area is 124 Å². The average molecular weight is 280 g/mol. The molecular formula is C18H32O2. The van der Waals surface area contributed by atoms with Gasteiger partial charge in [0.25, 0.3) is 0 Å². The van der Waals surface area contributed by atoms with Crippen LogP contribution in [0.1, 0.15) is 66.2 Å².